The van der Waals surface area contributed by atoms with Crippen LogP contribution in [0.25, 0.3) is 22.0 Å². The predicted molar refractivity (Wildman–Crippen MR) is 192 cm³/mol. The molecule has 10 heteroatoms. The van der Waals surface area contributed by atoms with E-state index < -0.39 is 0 Å². The summed E-state index contributed by atoms with van der Waals surface area (Å²) in [5.74, 6) is 1.24. The molecule has 2 heterocycles. The Hall–Kier alpha value is -3.79. The van der Waals surface area contributed by atoms with Crippen LogP contribution in [0.3, 0.4) is 0 Å². The summed E-state index contributed by atoms with van der Waals surface area (Å²) in [6, 6.07) is 19.9. The second kappa shape index (κ2) is 16.4. The van der Waals surface area contributed by atoms with Crippen molar-refractivity contribution in [3.8, 4) is 22.6 Å². The number of esters is 1. The number of hydrogen-bond acceptors (Lipinski definition) is 6. The van der Waals surface area contributed by atoms with Crippen LogP contribution < -0.4 is 14.8 Å². The van der Waals surface area contributed by atoms with E-state index in [1.165, 1.54) is 0 Å². The minimum absolute atomic E-state index is 0.290. The molecule has 0 aliphatic heterocycles. The summed E-state index contributed by atoms with van der Waals surface area (Å²) in [6.45, 7) is 8.32. The second-order valence-corrected chi connectivity index (χ2v) is 12.4. The van der Waals surface area contributed by atoms with Crippen LogP contribution in [0.2, 0.25) is 5.02 Å². The zero-order chi connectivity index (χ0) is 33.3. The van der Waals surface area contributed by atoms with Gasteiger partial charge in [0, 0.05) is 33.4 Å². The number of carbonyl (C=O) groups is 1. The summed E-state index contributed by atoms with van der Waals surface area (Å²) in [5, 5.41) is 13.5. The summed E-state index contributed by atoms with van der Waals surface area (Å²) in [6.07, 6.45) is 2.18. The Kier molecular flexibility index (Phi) is 12.0. The van der Waals surface area contributed by atoms with E-state index in [2.05, 4.69) is 54.2 Å². The lowest BCUT2D eigenvalue weighted by Gasteiger charge is -2.14. The highest BCUT2D eigenvalue weighted by Gasteiger charge is 2.27. The van der Waals surface area contributed by atoms with Crippen molar-refractivity contribution >= 4 is 44.4 Å². The van der Waals surface area contributed by atoms with Crippen molar-refractivity contribution in [2.75, 3.05) is 26.8 Å². The molecule has 0 amide bonds. The Bertz CT molecular complexity index is 1800. The van der Waals surface area contributed by atoms with E-state index in [1.54, 1.807) is 0 Å². The Balaban J connectivity index is 1.57. The number of aryl methyl sites for hydroxylation is 4. The second-order valence-electron chi connectivity index (χ2n) is 11.4. The highest BCUT2D eigenvalue weighted by atomic mass is 79.9. The Labute approximate surface area is 289 Å². The predicted octanol–water partition coefficient (Wildman–Crippen LogP) is 8.57. The first-order valence-corrected chi connectivity index (χ1v) is 17.5. The van der Waals surface area contributed by atoms with Gasteiger partial charge >= 0.3 is 5.97 Å². The van der Waals surface area contributed by atoms with E-state index in [0.717, 1.165) is 79.6 Å². The van der Waals surface area contributed by atoms with E-state index in [4.69, 9.17) is 25.8 Å². The summed E-state index contributed by atoms with van der Waals surface area (Å²) in [7, 11) is 1.94. The number of para-hydroxylation sites is 2. The van der Waals surface area contributed by atoms with Crippen molar-refractivity contribution in [1.82, 2.24) is 20.1 Å². The van der Waals surface area contributed by atoms with Gasteiger partial charge in [-0.1, -0.05) is 63.9 Å². The number of fused-ring (bicyclic) bond motifs is 1. The number of benzene rings is 3. The van der Waals surface area contributed by atoms with Crippen LogP contribution in [0.1, 0.15) is 58.3 Å². The maximum absolute atomic E-state index is 13.7. The number of aromatic amines is 1. The lowest BCUT2D eigenvalue weighted by molar-refractivity contribution is 0.0512. The molecule has 2 N–H and O–H groups in total. The van der Waals surface area contributed by atoms with E-state index in [9.17, 15) is 4.79 Å². The van der Waals surface area contributed by atoms with Crippen LogP contribution in [0.15, 0.2) is 60.7 Å². The number of nitrogens with one attached hydrogen (secondary N) is 2. The molecule has 3 aromatic carbocycles. The zero-order valence-electron chi connectivity index (χ0n) is 27.4. The third-order valence-electron chi connectivity index (χ3n) is 8.15. The number of aromatic nitrogens is 3. The fourth-order valence-electron chi connectivity index (χ4n) is 6.04. The number of carbonyl (C=O) groups excluding carboxylic acids is 1. The highest BCUT2D eigenvalue weighted by Crippen LogP contribution is 2.39. The SMILES string of the molecule is CCOC(=O)c1c(CCCOc2cc(C)c(Cl)c(C)c2)c2cccc(-c3c(COc4ccccc4)n[nH]c3CBr)c2n1CCCNC. The topological polar surface area (TPSA) is 90.4 Å². The van der Waals surface area contributed by atoms with Crippen molar-refractivity contribution in [3.05, 3.63) is 99.5 Å². The monoisotopic (exact) mass is 720 g/mol. The molecule has 47 heavy (non-hydrogen) atoms. The number of nitrogens with zero attached hydrogens (tertiary/aromatic N) is 2. The van der Waals surface area contributed by atoms with Gasteiger partial charge in [-0.15, -0.1) is 0 Å². The van der Waals surface area contributed by atoms with E-state index in [1.807, 2.05) is 70.3 Å². The molecule has 0 aliphatic rings. The molecule has 248 valence electrons. The summed E-state index contributed by atoms with van der Waals surface area (Å²) in [5.41, 5.74) is 8.19. The first-order valence-electron chi connectivity index (χ1n) is 16.0. The molecular weight excluding hydrogens is 680 g/mol. The summed E-state index contributed by atoms with van der Waals surface area (Å²) >= 11 is 10.0. The minimum Gasteiger partial charge on any atom is -0.494 e. The molecule has 0 atom stereocenters. The maximum Gasteiger partial charge on any atom is 0.355 e. The molecular formula is C37H42BrClN4O4. The lowest BCUT2D eigenvalue weighted by atomic mass is 9.98. The molecule has 0 unspecified atom stereocenters. The molecule has 5 rings (SSSR count). The molecule has 5 aromatic rings. The van der Waals surface area contributed by atoms with Gasteiger partial charge < -0.3 is 24.1 Å². The first kappa shape index (κ1) is 34.5. The largest absolute Gasteiger partial charge is 0.494 e. The maximum atomic E-state index is 13.7. The van der Waals surface area contributed by atoms with Crippen molar-refractivity contribution in [2.24, 2.45) is 0 Å². The standard InChI is InChI=1S/C37H42BrClN4O4/c1-5-45-37(44)36-29(16-10-19-46-27-20-24(2)34(39)25(3)21-27)28-14-9-15-30(35(28)43(36)18-11-17-40-4)33-31(22-38)41-42-32(33)23-47-26-12-7-6-8-13-26/h6-9,12-15,20-21,40H,5,10-11,16-19,22-23H2,1-4H3,(H,41,42). The minimum atomic E-state index is -0.320. The first-order chi connectivity index (χ1) is 22.9. The van der Waals surface area contributed by atoms with Gasteiger partial charge in [-0.05, 0) is 94.6 Å². The number of H-pyrrole nitrogens is 1. The molecule has 0 fully saturated rings. The van der Waals surface area contributed by atoms with Gasteiger partial charge in [0.05, 0.1) is 24.4 Å². The number of alkyl halides is 1. The van der Waals surface area contributed by atoms with Gasteiger partial charge in [-0.25, -0.2) is 4.79 Å². The number of halogens is 2. The normalized spacial score (nSPS) is 11.3. The third-order valence-corrected chi connectivity index (χ3v) is 9.31. The van der Waals surface area contributed by atoms with Crippen LogP contribution in [0, 0.1) is 13.8 Å². The molecule has 0 aliphatic carbocycles. The Morgan fingerprint density at radius 3 is 2.49 bits per heavy atom. The molecule has 0 spiro atoms. The molecule has 0 saturated carbocycles. The number of hydrogen-bond donors (Lipinski definition) is 2. The van der Waals surface area contributed by atoms with Crippen molar-refractivity contribution in [1.29, 1.82) is 0 Å². The van der Waals surface area contributed by atoms with Crippen LogP contribution in [-0.4, -0.2) is 47.5 Å². The molecule has 0 bridgehead atoms. The molecule has 0 saturated heterocycles. The molecule has 8 nitrogen and oxygen atoms in total. The van der Waals surface area contributed by atoms with Gasteiger partial charge in [0.2, 0.25) is 0 Å². The summed E-state index contributed by atoms with van der Waals surface area (Å²) in [4.78, 5) is 13.7. The van der Waals surface area contributed by atoms with Gasteiger partial charge in [-0.3, -0.25) is 5.10 Å². The molecule has 2 aromatic heterocycles. The number of rotatable bonds is 16. The molecule has 0 radical (unpaired) electrons. The lowest BCUT2D eigenvalue weighted by Crippen LogP contribution is -2.17. The van der Waals surface area contributed by atoms with Crippen molar-refractivity contribution < 1.29 is 19.0 Å². The summed E-state index contributed by atoms with van der Waals surface area (Å²) < 4.78 is 20.1. The highest BCUT2D eigenvalue weighted by molar-refractivity contribution is 9.08. The fourth-order valence-corrected chi connectivity index (χ4v) is 6.56. The zero-order valence-corrected chi connectivity index (χ0v) is 29.8. The van der Waals surface area contributed by atoms with Crippen LogP contribution in [-0.2, 0) is 29.6 Å². The Morgan fingerprint density at radius 2 is 1.79 bits per heavy atom. The third kappa shape index (κ3) is 7.86. The van der Waals surface area contributed by atoms with Gasteiger partial charge in [0.15, 0.2) is 0 Å². The quantitative estimate of drug-likeness (QED) is 0.0603. The van der Waals surface area contributed by atoms with Crippen LogP contribution in [0.4, 0.5) is 0 Å². The average molecular weight is 722 g/mol. The van der Waals surface area contributed by atoms with Crippen molar-refractivity contribution in [3.63, 3.8) is 0 Å². The Morgan fingerprint density at radius 1 is 1.02 bits per heavy atom. The fraction of sp³-hybridized carbons (Fsp3) is 0.351. The van der Waals surface area contributed by atoms with Gasteiger partial charge in [0.1, 0.15) is 29.5 Å². The van der Waals surface area contributed by atoms with Crippen LogP contribution >= 0.6 is 27.5 Å². The smallest absolute Gasteiger partial charge is 0.355 e. The van der Waals surface area contributed by atoms with Gasteiger partial charge in [-0.2, -0.15) is 5.10 Å². The number of ether oxygens (including phenoxy) is 3. The van der Waals surface area contributed by atoms with Crippen LogP contribution in [0.5, 0.6) is 11.5 Å². The van der Waals surface area contributed by atoms with E-state index >= 15 is 0 Å². The average Bonchev–Trinajstić information content (AvgIpc) is 3.64. The van der Waals surface area contributed by atoms with E-state index in [0.29, 0.717) is 37.0 Å². The van der Waals surface area contributed by atoms with Crippen molar-refractivity contribution in [2.45, 2.75) is 58.5 Å². The van der Waals surface area contributed by atoms with E-state index in [-0.39, 0.29) is 19.2 Å². The van der Waals surface area contributed by atoms with Gasteiger partial charge in [0.25, 0.3) is 0 Å².